The number of hydrogen-bond donors (Lipinski definition) is 1. The Kier molecular flexibility index (Phi) is 5.48. The molecule has 0 aromatic heterocycles. The number of nitrogens with zero attached hydrogens (tertiary/aromatic N) is 2. The van der Waals surface area contributed by atoms with Crippen molar-refractivity contribution in [2.45, 2.75) is 70.9 Å². The molecule has 2 heterocycles. The van der Waals surface area contributed by atoms with Gasteiger partial charge in [-0.25, -0.2) is 4.79 Å². The van der Waals surface area contributed by atoms with Gasteiger partial charge in [-0.2, -0.15) is 0 Å². The fourth-order valence-corrected chi connectivity index (χ4v) is 3.72. The number of hydrogen-bond acceptors (Lipinski definition) is 2. The van der Waals surface area contributed by atoms with Crippen LogP contribution in [0.4, 0.5) is 4.79 Å². The second-order valence-electron chi connectivity index (χ2n) is 6.36. The van der Waals surface area contributed by atoms with Crippen molar-refractivity contribution in [3.63, 3.8) is 0 Å². The van der Waals surface area contributed by atoms with E-state index >= 15 is 0 Å². The lowest BCUT2D eigenvalue weighted by Crippen LogP contribution is -2.47. The molecule has 0 aromatic carbocycles. The number of carboxylic acids is 1. The molecule has 1 N–H and O–H groups in total. The lowest BCUT2D eigenvalue weighted by Gasteiger charge is -2.31. The van der Waals surface area contributed by atoms with Gasteiger partial charge in [0.2, 0.25) is 0 Å². The molecule has 3 atom stereocenters. The maximum atomic E-state index is 12.8. The van der Waals surface area contributed by atoms with Crippen LogP contribution >= 0.6 is 0 Å². The van der Waals surface area contributed by atoms with E-state index in [-0.39, 0.29) is 24.0 Å². The van der Waals surface area contributed by atoms with E-state index in [0.29, 0.717) is 6.42 Å². The molecule has 2 aliphatic rings. The predicted octanol–water partition coefficient (Wildman–Crippen LogP) is 2.95. The Morgan fingerprint density at radius 3 is 2.24 bits per heavy atom. The summed E-state index contributed by atoms with van der Waals surface area (Å²) in [5.41, 5.74) is 0. The maximum absolute atomic E-state index is 12.8. The minimum atomic E-state index is -0.742. The average molecular weight is 296 g/mol. The summed E-state index contributed by atoms with van der Waals surface area (Å²) in [5.74, 6) is -1.10. The summed E-state index contributed by atoms with van der Waals surface area (Å²) in [6.07, 6.45) is 6.63. The van der Waals surface area contributed by atoms with Crippen LogP contribution in [0.2, 0.25) is 0 Å². The maximum Gasteiger partial charge on any atom is 0.320 e. The van der Waals surface area contributed by atoms with E-state index in [1.165, 1.54) is 0 Å². The van der Waals surface area contributed by atoms with Gasteiger partial charge in [0, 0.05) is 25.2 Å². The molecule has 5 heteroatoms. The Hall–Kier alpha value is -1.26. The number of unbranched alkanes of at least 4 members (excludes halogenated alkanes) is 2. The minimum absolute atomic E-state index is 0.0770. The lowest BCUT2D eigenvalue weighted by atomic mass is 9.89. The quantitative estimate of drug-likeness (QED) is 0.785. The highest BCUT2D eigenvalue weighted by Gasteiger charge is 2.52. The molecule has 0 aromatic rings. The Labute approximate surface area is 127 Å². The summed E-state index contributed by atoms with van der Waals surface area (Å²) in [5, 5.41) is 9.30. The number of carboxylic acid groups (broad SMARTS) is 1. The molecule has 2 aliphatic heterocycles. The van der Waals surface area contributed by atoms with E-state index < -0.39 is 5.97 Å². The van der Waals surface area contributed by atoms with Gasteiger partial charge in [-0.15, -0.1) is 0 Å². The smallest absolute Gasteiger partial charge is 0.320 e. The molecule has 0 aliphatic carbocycles. The zero-order valence-electron chi connectivity index (χ0n) is 13.3. The molecule has 3 unspecified atom stereocenters. The summed E-state index contributed by atoms with van der Waals surface area (Å²) < 4.78 is 0. The first kappa shape index (κ1) is 16.1. The van der Waals surface area contributed by atoms with Crippen LogP contribution in [0.25, 0.3) is 0 Å². The molecule has 2 bridgehead atoms. The van der Waals surface area contributed by atoms with Gasteiger partial charge < -0.3 is 14.9 Å². The van der Waals surface area contributed by atoms with Crippen LogP contribution in [-0.4, -0.2) is 52.1 Å². The number of fused-ring (bicyclic) bond motifs is 2. The van der Waals surface area contributed by atoms with Crippen molar-refractivity contribution >= 4 is 12.0 Å². The number of urea groups is 1. The fraction of sp³-hybridized carbons (Fsp3) is 0.875. The monoisotopic (exact) mass is 296 g/mol. The number of rotatable bonds is 7. The average Bonchev–Trinajstić information content (AvgIpc) is 3.04. The molecule has 2 rings (SSSR count). The number of aliphatic carboxylic acids is 1. The van der Waals surface area contributed by atoms with E-state index in [0.717, 1.165) is 51.6 Å². The first-order chi connectivity index (χ1) is 10.1. The molecule has 2 amide bonds. The standard InChI is InChI=1S/C16H28N2O3/c1-3-5-9-17(10-6-4-2)16(21)18-12-7-8-14(18)13(11-12)15(19)20/h12-14H,3-11H2,1-2H3,(H,19,20). The van der Waals surface area contributed by atoms with Crippen molar-refractivity contribution in [3.8, 4) is 0 Å². The lowest BCUT2D eigenvalue weighted by molar-refractivity contribution is -0.142. The third kappa shape index (κ3) is 3.33. The normalized spacial score (nSPS) is 27.1. The van der Waals surface area contributed by atoms with Crippen molar-refractivity contribution in [3.05, 3.63) is 0 Å². The molecule has 0 saturated carbocycles. The van der Waals surface area contributed by atoms with Gasteiger partial charge in [-0.05, 0) is 32.1 Å². The molecule has 120 valence electrons. The van der Waals surface area contributed by atoms with Crippen LogP contribution in [0.15, 0.2) is 0 Å². The fourth-order valence-electron chi connectivity index (χ4n) is 3.72. The van der Waals surface area contributed by atoms with Crippen molar-refractivity contribution in [2.75, 3.05) is 13.1 Å². The van der Waals surface area contributed by atoms with Gasteiger partial charge in [-0.3, -0.25) is 4.79 Å². The molecule has 0 spiro atoms. The third-order valence-corrected chi connectivity index (χ3v) is 4.91. The van der Waals surface area contributed by atoms with Gasteiger partial charge >= 0.3 is 12.0 Å². The highest BCUT2D eigenvalue weighted by molar-refractivity contribution is 5.79. The van der Waals surface area contributed by atoms with Gasteiger partial charge in [0.05, 0.1) is 5.92 Å². The van der Waals surface area contributed by atoms with Crippen LogP contribution < -0.4 is 0 Å². The highest BCUT2D eigenvalue weighted by Crippen LogP contribution is 2.42. The second-order valence-corrected chi connectivity index (χ2v) is 6.36. The summed E-state index contributed by atoms with van der Waals surface area (Å²) in [6.45, 7) is 5.84. The molecule has 2 fully saturated rings. The molecule has 2 saturated heterocycles. The largest absolute Gasteiger partial charge is 0.481 e. The van der Waals surface area contributed by atoms with Crippen LogP contribution in [0, 0.1) is 5.92 Å². The Morgan fingerprint density at radius 1 is 1.14 bits per heavy atom. The highest BCUT2D eigenvalue weighted by atomic mass is 16.4. The van der Waals surface area contributed by atoms with E-state index in [4.69, 9.17) is 0 Å². The van der Waals surface area contributed by atoms with Crippen molar-refractivity contribution in [2.24, 2.45) is 5.92 Å². The van der Waals surface area contributed by atoms with Crippen LogP contribution in [0.1, 0.15) is 58.8 Å². The van der Waals surface area contributed by atoms with Gasteiger partial charge in [0.25, 0.3) is 0 Å². The first-order valence-electron chi connectivity index (χ1n) is 8.40. The van der Waals surface area contributed by atoms with Gasteiger partial charge in [-0.1, -0.05) is 26.7 Å². The van der Waals surface area contributed by atoms with E-state index in [1.807, 2.05) is 9.80 Å². The van der Waals surface area contributed by atoms with Crippen molar-refractivity contribution in [1.29, 1.82) is 0 Å². The second kappa shape index (κ2) is 7.14. The number of carbonyl (C=O) groups is 2. The Bertz CT molecular complexity index is 378. The first-order valence-corrected chi connectivity index (χ1v) is 8.40. The Morgan fingerprint density at radius 2 is 1.76 bits per heavy atom. The molecule has 5 nitrogen and oxygen atoms in total. The summed E-state index contributed by atoms with van der Waals surface area (Å²) >= 11 is 0. The van der Waals surface area contributed by atoms with E-state index in [9.17, 15) is 14.7 Å². The molecular formula is C16H28N2O3. The summed E-state index contributed by atoms with van der Waals surface area (Å²) in [7, 11) is 0. The zero-order valence-corrected chi connectivity index (χ0v) is 13.3. The topological polar surface area (TPSA) is 60.9 Å². The van der Waals surface area contributed by atoms with Gasteiger partial charge in [0.15, 0.2) is 0 Å². The molecule has 0 radical (unpaired) electrons. The summed E-state index contributed by atoms with van der Waals surface area (Å²) in [4.78, 5) is 28.0. The number of amides is 2. The molecular weight excluding hydrogens is 268 g/mol. The van der Waals surface area contributed by atoms with Crippen molar-refractivity contribution < 1.29 is 14.7 Å². The van der Waals surface area contributed by atoms with Gasteiger partial charge in [0.1, 0.15) is 0 Å². The van der Waals surface area contributed by atoms with Crippen molar-refractivity contribution in [1.82, 2.24) is 9.80 Å². The summed E-state index contributed by atoms with van der Waals surface area (Å²) in [6, 6.07) is 0.147. The number of carbonyl (C=O) groups excluding carboxylic acids is 1. The van der Waals surface area contributed by atoms with Crippen LogP contribution in [0.5, 0.6) is 0 Å². The zero-order chi connectivity index (χ0) is 15.4. The Balaban J connectivity index is 2.04. The van der Waals surface area contributed by atoms with Crippen LogP contribution in [-0.2, 0) is 4.79 Å². The third-order valence-electron chi connectivity index (χ3n) is 4.91. The molecule has 21 heavy (non-hydrogen) atoms. The van der Waals surface area contributed by atoms with Crippen LogP contribution in [0.3, 0.4) is 0 Å². The SMILES string of the molecule is CCCCN(CCCC)C(=O)N1C2CCC1C(C(=O)O)C2. The predicted molar refractivity (Wildman–Crippen MR) is 81.2 cm³/mol. The minimum Gasteiger partial charge on any atom is -0.481 e. The van der Waals surface area contributed by atoms with E-state index in [1.54, 1.807) is 0 Å². The van der Waals surface area contributed by atoms with E-state index in [2.05, 4.69) is 13.8 Å².